The lowest BCUT2D eigenvalue weighted by Gasteiger charge is -2.18. The van der Waals surface area contributed by atoms with Gasteiger partial charge in [0, 0.05) is 25.1 Å². The molecule has 0 aliphatic carbocycles. The maximum Gasteiger partial charge on any atom is 0.126 e. The maximum absolute atomic E-state index is 10.8. The summed E-state index contributed by atoms with van der Waals surface area (Å²) in [4.78, 5) is 10.8. The molecule has 1 unspecified atom stereocenters. The lowest BCUT2D eigenvalue weighted by atomic mass is 9.84. The monoisotopic (exact) mass is 180 g/mol. The van der Waals surface area contributed by atoms with E-state index < -0.39 is 0 Å². The summed E-state index contributed by atoms with van der Waals surface area (Å²) in [5.41, 5.74) is 0.730. The molecular weight excluding hydrogens is 164 g/mol. The molecule has 1 aromatic heterocycles. The first-order valence-corrected chi connectivity index (χ1v) is 4.54. The minimum Gasteiger partial charge on any atom is -0.303 e. The van der Waals surface area contributed by atoms with E-state index in [4.69, 9.17) is 0 Å². The average Bonchev–Trinajstić information content (AvgIpc) is 2.51. The predicted octanol–water partition coefficient (Wildman–Crippen LogP) is 1.58. The molecule has 1 rings (SSSR count). The summed E-state index contributed by atoms with van der Waals surface area (Å²) in [6.45, 7) is 3.99. The Kier molecular flexibility index (Phi) is 2.86. The van der Waals surface area contributed by atoms with E-state index in [1.165, 1.54) is 0 Å². The molecule has 1 heterocycles. The number of carbonyl (C=O) groups is 1. The van der Waals surface area contributed by atoms with Crippen LogP contribution in [0.25, 0.3) is 0 Å². The van der Waals surface area contributed by atoms with Crippen molar-refractivity contribution < 1.29 is 4.79 Å². The van der Waals surface area contributed by atoms with Gasteiger partial charge in [-0.2, -0.15) is 5.10 Å². The average molecular weight is 180 g/mol. The predicted molar refractivity (Wildman–Crippen MR) is 51.4 cm³/mol. The van der Waals surface area contributed by atoms with Crippen molar-refractivity contribution in [3.63, 3.8) is 0 Å². The molecular formula is C10H16N2O. The smallest absolute Gasteiger partial charge is 0.126 e. The Labute approximate surface area is 78.8 Å². The van der Waals surface area contributed by atoms with E-state index in [9.17, 15) is 4.79 Å². The van der Waals surface area contributed by atoms with Gasteiger partial charge in [-0.1, -0.05) is 13.8 Å². The fourth-order valence-electron chi connectivity index (χ4n) is 1.22. The highest BCUT2D eigenvalue weighted by Crippen LogP contribution is 2.22. The second-order valence-electron chi connectivity index (χ2n) is 3.78. The minimum absolute atomic E-state index is 0.256. The van der Waals surface area contributed by atoms with Crippen LogP contribution in [-0.2, 0) is 18.3 Å². The second-order valence-corrected chi connectivity index (χ2v) is 3.78. The first-order chi connectivity index (χ1) is 6.09. The molecule has 0 aliphatic rings. The molecule has 1 atom stereocenters. The lowest BCUT2D eigenvalue weighted by Crippen LogP contribution is -2.20. The van der Waals surface area contributed by atoms with Gasteiger partial charge in [-0.05, 0) is 12.5 Å². The van der Waals surface area contributed by atoms with Crippen molar-refractivity contribution in [1.82, 2.24) is 9.78 Å². The number of hydrogen-bond donors (Lipinski definition) is 0. The van der Waals surface area contributed by atoms with Crippen molar-refractivity contribution in [2.24, 2.45) is 12.5 Å². The van der Waals surface area contributed by atoms with Crippen molar-refractivity contribution in [2.45, 2.75) is 26.7 Å². The van der Waals surface area contributed by atoms with Crippen LogP contribution in [-0.4, -0.2) is 16.1 Å². The molecule has 3 heteroatoms. The first-order valence-electron chi connectivity index (χ1n) is 4.54. The molecule has 0 N–H and O–H groups in total. The van der Waals surface area contributed by atoms with Gasteiger partial charge in [-0.25, -0.2) is 0 Å². The highest BCUT2D eigenvalue weighted by atomic mass is 16.1. The van der Waals surface area contributed by atoms with E-state index >= 15 is 0 Å². The molecule has 13 heavy (non-hydrogen) atoms. The number of nitrogens with zero attached hydrogens (tertiary/aromatic N) is 2. The molecule has 72 valence electrons. The van der Waals surface area contributed by atoms with E-state index in [1.807, 2.05) is 33.2 Å². The molecule has 1 aromatic rings. The van der Waals surface area contributed by atoms with Crippen LogP contribution in [0.3, 0.4) is 0 Å². The Morgan fingerprint density at radius 2 is 2.38 bits per heavy atom. The molecule has 0 fully saturated rings. The number of carbonyl (C=O) groups excluding carboxylic acids is 1. The van der Waals surface area contributed by atoms with Crippen molar-refractivity contribution >= 4 is 6.29 Å². The maximum atomic E-state index is 10.8. The summed E-state index contributed by atoms with van der Waals surface area (Å²) in [6, 6.07) is 1.96. The Bertz CT molecular complexity index is 293. The Morgan fingerprint density at radius 3 is 2.77 bits per heavy atom. The Hall–Kier alpha value is -1.12. The third kappa shape index (κ3) is 2.41. The normalized spacial score (nSPS) is 15.3. The van der Waals surface area contributed by atoms with Crippen molar-refractivity contribution in [3.05, 3.63) is 18.0 Å². The zero-order chi connectivity index (χ0) is 9.90. The van der Waals surface area contributed by atoms with Crippen LogP contribution in [0.15, 0.2) is 12.3 Å². The van der Waals surface area contributed by atoms with Crippen LogP contribution >= 0.6 is 0 Å². The summed E-state index contributed by atoms with van der Waals surface area (Å²) in [5, 5.41) is 4.25. The van der Waals surface area contributed by atoms with Gasteiger partial charge >= 0.3 is 0 Å². The highest BCUT2D eigenvalue weighted by Gasteiger charge is 2.22. The number of aromatic nitrogens is 2. The van der Waals surface area contributed by atoms with Gasteiger partial charge in [-0.15, -0.1) is 0 Å². The van der Waals surface area contributed by atoms with Crippen molar-refractivity contribution in [2.75, 3.05) is 0 Å². The number of hydrogen-bond acceptors (Lipinski definition) is 2. The summed E-state index contributed by atoms with van der Waals surface area (Å²) in [7, 11) is 1.88. The number of aldehydes is 1. The third-order valence-electron chi connectivity index (χ3n) is 2.45. The molecule has 0 aromatic carbocycles. The molecule has 0 bridgehead atoms. The van der Waals surface area contributed by atoms with Crippen molar-refractivity contribution in [1.29, 1.82) is 0 Å². The summed E-state index contributed by atoms with van der Waals surface area (Å²) in [6.07, 6.45) is 4.51. The molecule has 0 saturated carbocycles. The largest absolute Gasteiger partial charge is 0.303 e. The lowest BCUT2D eigenvalue weighted by molar-refractivity contribution is -0.115. The molecule has 0 amide bonds. The van der Waals surface area contributed by atoms with Gasteiger partial charge in [0.25, 0.3) is 0 Å². The zero-order valence-electron chi connectivity index (χ0n) is 8.45. The van der Waals surface area contributed by atoms with Gasteiger partial charge in [0.2, 0.25) is 0 Å². The van der Waals surface area contributed by atoms with Gasteiger partial charge < -0.3 is 4.79 Å². The number of aryl methyl sites for hydroxylation is 1. The van der Waals surface area contributed by atoms with E-state index in [0.717, 1.165) is 24.8 Å². The Balaban J connectivity index is 2.72. The van der Waals surface area contributed by atoms with Gasteiger partial charge in [0.15, 0.2) is 0 Å². The molecule has 3 nitrogen and oxygen atoms in total. The second kappa shape index (κ2) is 3.73. The van der Waals surface area contributed by atoms with E-state index in [1.54, 1.807) is 4.68 Å². The van der Waals surface area contributed by atoms with Crippen LogP contribution in [0.5, 0.6) is 0 Å². The highest BCUT2D eigenvalue weighted by molar-refractivity contribution is 5.59. The topological polar surface area (TPSA) is 34.9 Å². The molecule has 0 spiro atoms. The van der Waals surface area contributed by atoms with Crippen LogP contribution in [0, 0.1) is 5.41 Å². The Morgan fingerprint density at radius 1 is 1.69 bits per heavy atom. The van der Waals surface area contributed by atoms with Crippen LogP contribution in [0.4, 0.5) is 0 Å². The first kappa shape index (κ1) is 9.96. The van der Waals surface area contributed by atoms with E-state index in [2.05, 4.69) is 5.10 Å². The summed E-state index contributed by atoms with van der Waals surface area (Å²) in [5.74, 6) is 0. The standard InChI is InChI=1S/C10H16N2O/c1-4-10(2,8-13)7-9-5-6-12(3)11-9/h5-6,8H,4,7H2,1-3H3. The minimum atomic E-state index is -0.256. The van der Waals surface area contributed by atoms with Crippen molar-refractivity contribution in [3.8, 4) is 0 Å². The van der Waals surface area contributed by atoms with Crippen LogP contribution in [0.2, 0.25) is 0 Å². The van der Waals surface area contributed by atoms with Crippen LogP contribution < -0.4 is 0 Å². The fraction of sp³-hybridized carbons (Fsp3) is 0.600. The van der Waals surface area contributed by atoms with E-state index in [-0.39, 0.29) is 5.41 Å². The fourth-order valence-corrected chi connectivity index (χ4v) is 1.22. The van der Waals surface area contributed by atoms with E-state index in [0.29, 0.717) is 0 Å². The molecule has 0 aliphatic heterocycles. The molecule has 0 saturated heterocycles. The van der Waals surface area contributed by atoms with Gasteiger partial charge in [-0.3, -0.25) is 4.68 Å². The molecule has 0 radical (unpaired) electrons. The quantitative estimate of drug-likeness (QED) is 0.659. The van der Waals surface area contributed by atoms with Gasteiger partial charge in [0.1, 0.15) is 6.29 Å². The summed E-state index contributed by atoms with van der Waals surface area (Å²) >= 11 is 0. The third-order valence-corrected chi connectivity index (χ3v) is 2.45. The zero-order valence-corrected chi connectivity index (χ0v) is 8.45. The van der Waals surface area contributed by atoms with Gasteiger partial charge in [0.05, 0.1) is 5.69 Å². The SMILES string of the molecule is CCC(C)(C=O)Cc1ccn(C)n1. The van der Waals surface area contributed by atoms with Crippen LogP contribution in [0.1, 0.15) is 26.0 Å². The summed E-state index contributed by atoms with van der Waals surface area (Å²) < 4.78 is 1.76. The number of rotatable bonds is 4.